The molecule has 1 N–H and O–H groups in total. The maximum absolute atomic E-state index is 6.34. The minimum atomic E-state index is 0.698. The summed E-state index contributed by atoms with van der Waals surface area (Å²) in [5.41, 5.74) is 1.20. The van der Waals surface area contributed by atoms with Crippen molar-refractivity contribution < 1.29 is 0 Å². The molecule has 1 aliphatic heterocycles. The fraction of sp³-hybridized carbons (Fsp3) is 0.625. The first-order valence-corrected chi connectivity index (χ1v) is 8.36. The van der Waals surface area contributed by atoms with Crippen LogP contribution in [0.2, 0.25) is 10.0 Å². The molecule has 1 saturated heterocycles. The number of rotatable bonds is 5. The molecule has 0 bridgehead atoms. The molecule has 2 fully saturated rings. The topological polar surface area (TPSA) is 15.3 Å². The summed E-state index contributed by atoms with van der Waals surface area (Å²) in [4.78, 5) is 2.65. The number of piperidine rings is 1. The second kappa shape index (κ2) is 6.65. The lowest BCUT2D eigenvalue weighted by atomic mass is 10.0. The van der Waals surface area contributed by atoms with Crippen molar-refractivity contribution in [1.29, 1.82) is 0 Å². The molecule has 0 spiro atoms. The van der Waals surface area contributed by atoms with E-state index in [0.717, 1.165) is 30.6 Å². The van der Waals surface area contributed by atoms with Gasteiger partial charge in [-0.3, -0.25) is 4.90 Å². The number of nitrogens with zero attached hydrogens (tertiary/aromatic N) is 1. The summed E-state index contributed by atoms with van der Waals surface area (Å²) in [6, 6.07) is 6.58. The summed E-state index contributed by atoms with van der Waals surface area (Å²) in [5.74, 6) is 0.913. The maximum atomic E-state index is 6.34. The predicted molar refractivity (Wildman–Crippen MR) is 85.5 cm³/mol. The van der Waals surface area contributed by atoms with Crippen LogP contribution in [0, 0.1) is 5.92 Å². The summed E-state index contributed by atoms with van der Waals surface area (Å²) in [6.07, 6.45) is 5.29. The van der Waals surface area contributed by atoms with Crippen LogP contribution in [0.15, 0.2) is 18.2 Å². The summed E-state index contributed by atoms with van der Waals surface area (Å²) >= 11 is 12.3. The van der Waals surface area contributed by atoms with Crippen LogP contribution in [0.4, 0.5) is 0 Å². The number of nitrogens with one attached hydrogen (secondary N) is 1. The lowest BCUT2D eigenvalue weighted by Crippen LogP contribution is -2.43. The molecule has 110 valence electrons. The third kappa shape index (κ3) is 3.88. The molecule has 0 amide bonds. The number of halogens is 2. The van der Waals surface area contributed by atoms with Crippen LogP contribution in [-0.4, -0.2) is 30.6 Å². The van der Waals surface area contributed by atoms with Crippen LogP contribution in [0.3, 0.4) is 0 Å². The first-order chi connectivity index (χ1) is 9.72. The van der Waals surface area contributed by atoms with Gasteiger partial charge in [0.1, 0.15) is 0 Å². The molecule has 1 saturated carbocycles. The maximum Gasteiger partial charge on any atom is 0.0465 e. The molecular weight excluding hydrogens is 291 g/mol. The molecule has 1 aromatic rings. The Hall–Kier alpha value is -0.280. The van der Waals surface area contributed by atoms with Gasteiger partial charge in [-0.2, -0.15) is 0 Å². The molecule has 2 nitrogen and oxygen atoms in total. The van der Waals surface area contributed by atoms with Crippen molar-refractivity contribution in [2.75, 3.05) is 19.6 Å². The van der Waals surface area contributed by atoms with Gasteiger partial charge in [0.15, 0.2) is 0 Å². The molecule has 2 aliphatic rings. The Kier molecular flexibility index (Phi) is 4.87. The summed E-state index contributed by atoms with van der Waals surface area (Å²) in [5, 5.41) is 4.97. The van der Waals surface area contributed by atoms with Crippen LogP contribution >= 0.6 is 23.2 Å². The third-order valence-corrected chi connectivity index (χ3v) is 4.99. The zero-order valence-corrected chi connectivity index (χ0v) is 13.3. The molecule has 0 unspecified atom stereocenters. The number of hydrogen-bond acceptors (Lipinski definition) is 2. The summed E-state index contributed by atoms with van der Waals surface area (Å²) < 4.78 is 0. The van der Waals surface area contributed by atoms with Crippen molar-refractivity contribution in [2.24, 2.45) is 5.92 Å². The molecule has 1 aliphatic carbocycles. The van der Waals surface area contributed by atoms with Crippen LogP contribution in [0.25, 0.3) is 0 Å². The van der Waals surface area contributed by atoms with Gasteiger partial charge in [-0.1, -0.05) is 29.3 Å². The Bertz CT molecular complexity index is 454. The first kappa shape index (κ1) is 14.6. The Balaban J connectivity index is 1.70. The molecule has 3 rings (SSSR count). The van der Waals surface area contributed by atoms with Gasteiger partial charge in [0, 0.05) is 29.2 Å². The molecule has 0 aromatic heterocycles. The van der Waals surface area contributed by atoms with E-state index in [4.69, 9.17) is 23.2 Å². The van der Waals surface area contributed by atoms with Crippen molar-refractivity contribution in [2.45, 2.75) is 38.3 Å². The average Bonchev–Trinajstić information content (AvgIpc) is 3.26. The van der Waals surface area contributed by atoms with E-state index in [0.29, 0.717) is 11.1 Å². The van der Waals surface area contributed by atoms with E-state index in [2.05, 4.69) is 16.3 Å². The Morgan fingerprint density at radius 3 is 2.50 bits per heavy atom. The monoisotopic (exact) mass is 312 g/mol. The average molecular weight is 313 g/mol. The van der Waals surface area contributed by atoms with Crippen LogP contribution in [0.5, 0.6) is 0 Å². The number of benzene rings is 1. The van der Waals surface area contributed by atoms with Crippen molar-refractivity contribution in [3.8, 4) is 0 Å². The highest BCUT2D eigenvalue weighted by Crippen LogP contribution is 2.32. The Morgan fingerprint density at radius 2 is 1.85 bits per heavy atom. The van der Waals surface area contributed by atoms with Crippen molar-refractivity contribution >= 4 is 23.2 Å². The van der Waals surface area contributed by atoms with Crippen molar-refractivity contribution in [1.82, 2.24) is 10.2 Å². The van der Waals surface area contributed by atoms with Gasteiger partial charge < -0.3 is 5.32 Å². The molecule has 4 heteroatoms. The highest BCUT2D eigenvalue weighted by molar-refractivity contribution is 6.35. The van der Waals surface area contributed by atoms with E-state index in [-0.39, 0.29) is 0 Å². The first-order valence-electron chi connectivity index (χ1n) is 7.61. The van der Waals surface area contributed by atoms with E-state index in [1.54, 1.807) is 0 Å². The van der Waals surface area contributed by atoms with E-state index in [9.17, 15) is 0 Å². The normalized spacial score (nSPS) is 20.6. The second-order valence-electron chi connectivity index (χ2n) is 6.09. The largest absolute Gasteiger partial charge is 0.317 e. The predicted octanol–water partition coefficient (Wildman–Crippen LogP) is 3.96. The Morgan fingerprint density at radius 1 is 1.10 bits per heavy atom. The van der Waals surface area contributed by atoms with Crippen LogP contribution in [-0.2, 0) is 6.54 Å². The van der Waals surface area contributed by atoms with Gasteiger partial charge in [0.25, 0.3) is 0 Å². The minimum Gasteiger partial charge on any atom is -0.317 e. The Labute approximate surface area is 131 Å². The fourth-order valence-electron chi connectivity index (χ4n) is 3.02. The van der Waals surface area contributed by atoms with Crippen LogP contribution in [0.1, 0.15) is 31.2 Å². The molecule has 0 radical (unpaired) electrons. The van der Waals surface area contributed by atoms with E-state index < -0.39 is 0 Å². The van der Waals surface area contributed by atoms with Gasteiger partial charge in [-0.05, 0) is 62.4 Å². The lowest BCUT2D eigenvalue weighted by Gasteiger charge is -2.35. The second-order valence-corrected chi connectivity index (χ2v) is 6.93. The van der Waals surface area contributed by atoms with E-state index in [1.807, 2.05) is 12.1 Å². The van der Waals surface area contributed by atoms with Crippen LogP contribution < -0.4 is 5.32 Å². The molecular formula is C16H22Cl2N2. The van der Waals surface area contributed by atoms with E-state index >= 15 is 0 Å². The highest BCUT2D eigenvalue weighted by Gasteiger charge is 2.29. The molecule has 1 heterocycles. The standard InChI is InChI=1S/C16H22Cl2N2/c17-14-4-3-13(16(18)9-14)11-20(10-12-1-2-12)15-5-7-19-8-6-15/h3-4,9,12,15,19H,1-2,5-8,10-11H2. The van der Waals surface area contributed by atoms with Crippen molar-refractivity contribution in [3.05, 3.63) is 33.8 Å². The van der Waals surface area contributed by atoms with Gasteiger partial charge >= 0.3 is 0 Å². The SMILES string of the molecule is Clc1ccc(CN(CC2CC2)C2CCNCC2)c(Cl)c1. The van der Waals surface area contributed by atoms with Gasteiger partial charge in [-0.15, -0.1) is 0 Å². The zero-order chi connectivity index (χ0) is 13.9. The molecule has 1 aromatic carbocycles. The third-order valence-electron chi connectivity index (χ3n) is 4.40. The smallest absolute Gasteiger partial charge is 0.0465 e. The van der Waals surface area contributed by atoms with Crippen molar-refractivity contribution in [3.63, 3.8) is 0 Å². The van der Waals surface area contributed by atoms with Gasteiger partial charge in [0.2, 0.25) is 0 Å². The van der Waals surface area contributed by atoms with Gasteiger partial charge in [-0.25, -0.2) is 0 Å². The van der Waals surface area contributed by atoms with E-state index in [1.165, 1.54) is 37.8 Å². The lowest BCUT2D eigenvalue weighted by molar-refractivity contribution is 0.147. The highest BCUT2D eigenvalue weighted by atomic mass is 35.5. The zero-order valence-electron chi connectivity index (χ0n) is 11.7. The quantitative estimate of drug-likeness (QED) is 0.885. The molecule has 0 atom stereocenters. The summed E-state index contributed by atoms with van der Waals surface area (Å²) in [6.45, 7) is 4.46. The number of hydrogen-bond donors (Lipinski definition) is 1. The fourth-order valence-corrected chi connectivity index (χ4v) is 3.48. The summed E-state index contributed by atoms with van der Waals surface area (Å²) in [7, 11) is 0. The van der Waals surface area contributed by atoms with Gasteiger partial charge in [0.05, 0.1) is 0 Å². The minimum absolute atomic E-state index is 0.698. The molecule has 20 heavy (non-hydrogen) atoms.